The molecule has 0 aliphatic carbocycles. The van der Waals surface area contributed by atoms with Crippen molar-refractivity contribution >= 4 is 16.8 Å². The maximum Gasteiger partial charge on any atom is 0.176 e. The molecule has 0 saturated heterocycles. The smallest absolute Gasteiger partial charge is 0.176 e. The Morgan fingerprint density at radius 1 is 1.05 bits per heavy atom. The molecule has 3 nitrogen and oxygen atoms in total. The van der Waals surface area contributed by atoms with E-state index in [-0.39, 0.29) is 5.78 Å². The molecule has 0 saturated carbocycles. The highest BCUT2D eigenvalue weighted by Crippen LogP contribution is 2.20. The van der Waals surface area contributed by atoms with Crippen LogP contribution in [0.4, 0.5) is 0 Å². The first-order chi connectivity index (χ1) is 10.2. The number of likely N-dealkylation sites (N-methyl/N-ethyl adjacent to an activating group) is 1. The Morgan fingerprint density at radius 2 is 1.86 bits per heavy atom. The second-order valence-electron chi connectivity index (χ2n) is 5.21. The number of rotatable bonds is 5. The molecule has 21 heavy (non-hydrogen) atoms. The summed E-state index contributed by atoms with van der Waals surface area (Å²) in [5, 5.41) is 1.11. The predicted molar refractivity (Wildman–Crippen MR) is 83.3 cm³/mol. The van der Waals surface area contributed by atoms with Gasteiger partial charge in [-0.3, -0.25) is 9.69 Å². The zero-order valence-electron chi connectivity index (χ0n) is 12.0. The highest BCUT2D eigenvalue weighted by atomic mass is 16.3. The number of hydrogen-bond donors (Lipinski definition) is 0. The first kappa shape index (κ1) is 13.6. The summed E-state index contributed by atoms with van der Waals surface area (Å²) in [7, 11) is 1.96. The normalized spacial score (nSPS) is 11.1. The highest BCUT2D eigenvalue weighted by molar-refractivity contribution is 5.97. The van der Waals surface area contributed by atoms with Gasteiger partial charge in [-0.2, -0.15) is 0 Å². The van der Waals surface area contributed by atoms with Gasteiger partial charge in [-0.15, -0.1) is 0 Å². The van der Waals surface area contributed by atoms with Crippen LogP contribution in [0.5, 0.6) is 0 Å². The van der Waals surface area contributed by atoms with Crippen LogP contribution in [-0.2, 0) is 6.54 Å². The van der Waals surface area contributed by atoms with E-state index in [2.05, 4.69) is 6.07 Å². The number of carbonyl (C=O) groups is 1. The summed E-state index contributed by atoms with van der Waals surface area (Å²) < 4.78 is 5.41. The van der Waals surface area contributed by atoms with Gasteiger partial charge in [-0.05, 0) is 24.7 Å². The average Bonchev–Trinajstić information content (AvgIpc) is 2.97. The lowest BCUT2D eigenvalue weighted by Gasteiger charge is -2.16. The van der Waals surface area contributed by atoms with Crippen LogP contribution in [0.2, 0.25) is 0 Å². The van der Waals surface area contributed by atoms with Gasteiger partial charge in [0.1, 0.15) is 5.58 Å². The van der Waals surface area contributed by atoms with Gasteiger partial charge < -0.3 is 4.42 Å². The van der Waals surface area contributed by atoms with Gasteiger partial charge in [-0.1, -0.05) is 42.5 Å². The molecule has 3 rings (SSSR count). The molecule has 0 bridgehead atoms. The Balaban J connectivity index is 1.71. The molecule has 0 fully saturated rings. The van der Waals surface area contributed by atoms with Gasteiger partial charge in [0, 0.05) is 17.5 Å². The molecule has 3 heteroatoms. The molecule has 0 amide bonds. The fourth-order valence-corrected chi connectivity index (χ4v) is 2.50. The number of hydrogen-bond acceptors (Lipinski definition) is 3. The van der Waals surface area contributed by atoms with Gasteiger partial charge in [0.15, 0.2) is 5.78 Å². The van der Waals surface area contributed by atoms with Crippen LogP contribution in [0, 0.1) is 0 Å². The lowest BCUT2D eigenvalue weighted by atomic mass is 10.1. The summed E-state index contributed by atoms with van der Waals surface area (Å²) in [4.78, 5) is 14.2. The van der Waals surface area contributed by atoms with Crippen LogP contribution in [0.25, 0.3) is 11.0 Å². The van der Waals surface area contributed by atoms with Crippen molar-refractivity contribution in [1.82, 2.24) is 4.90 Å². The van der Waals surface area contributed by atoms with E-state index in [1.54, 1.807) is 6.26 Å². The number of Topliss-reactive ketones (excluding diaryl/α,β-unsaturated/α-hetero) is 1. The van der Waals surface area contributed by atoms with E-state index in [9.17, 15) is 4.79 Å². The maximum atomic E-state index is 12.2. The van der Waals surface area contributed by atoms with Crippen molar-refractivity contribution in [2.75, 3.05) is 13.6 Å². The second kappa shape index (κ2) is 5.94. The predicted octanol–water partition coefficient (Wildman–Crippen LogP) is 3.75. The van der Waals surface area contributed by atoms with E-state index >= 15 is 0 Å². The van der Waals surface area contributed by atoms with E-state index in [1.807, 2.05) is 60.5 Å². The van der Waals surface area contributed by atoms with Crippen molar-refractivity contribution in [2.45, 2.75) is 6.54 Å². The molecule has 0 unspecified atom stereocenters. The topological polar surface area (TPSA) is 33.5 Å². The first-order valence-electron chi connectivity index (χ1n) is 6.96. The Kier molecular flexibility index (Phi) is 3.84. The van der Waals surface area contributed by atoms with Crippen molar-refractivity contribution in [3.63, 3.8) is 0 Å². The summed E-state index contributed by atoms with van der Waals surface area (Å²) in [6, 6.07) is 17.4. The van der Waals surface area contributed by atoms with E-state index in [4.69, 9.17) is 4.42 Å². The van der Waals surface area contributed by atoms with Crippen LogP contribution < -0.4 is 0 Å². The van der Waals surface area contributed by atoms with Crippen molar-refractivity contribution in [3.05, 3.63) is 72.0 Å². The number of nitrogens with zero attached hydrogens (tertiary/aromatic N) is 1. The molecule has 1 heterocycles. The second-order valence-corrected chi connectivity index (χ2v) is 5.21. The number of furan rings is 1. The van der Waals surface area contributed by atoms with Gasteiger partial charge >= 0.3 is 0 Å². The molecule has 2 aromatic carbocycles. The lowest BCUT2D eigenvalue weighted by Crippen LogP contribution is -2.25. The summed E-state index contributed by atoms with van der Waals surface area (Å²) in [5.74, 6) is 0.137. The summed E-state index contributed by atoms with van der Waals surface area (Å²) >= 11 is 0. The minimum Gasteiger partial charge on any atom is -0.464 e. The Labute approximate surface area is 123 Å². The molecule has 0 spiro atoms. The molecule has 0 atom stereocenters. The van der Waals surface area contributed by atoms with Crippen molar-refractivity contribution < 1.29 is 9.21 Å². The van der Waals surface area contributed by atoms with Crippen LogP contribution in [0.15, 0.2) is 65.3 Å². The third-order valence-electron chi connectivity index (χ3n) is 3.54. The third-order valence-corrected chi connectivity index (χ3v) is 3.54. The zero-order valence-corrected chi connectivity index (χ0v) is 12.0. The quantitative estimate of drug-likeness (QED) is 0.667. The average molecular weight is 279 g/mol. The zero-order chi connectivity index (χ0) is 14.7. The SMILES string of the molecule is CN(CC(=O)c1ccccc1)Cc1cccc2occc12. The van der Waals surface area contributed by atoms with Crippen LogP contribution in [-0.4, -0.2) is 24.3 Å². The summed E-state index contributed by atoms with van der Waals surface area (Å²) in [6.07, 6.45) is 1.70. The molecule has 0 aliphatic rings. The first-order valence-corrected chi connectivity index (χ1v) is 6.96. The van der Waals surface area contributed by atoms with Crippen LogP contribution >= 0.6 is 0 Å². The molecule has 0 N–H and O–H groups in total. The standard InChI is InChI=1S/C18H17NO2/c1-19(13-17(20)14-6-3-2-4-7-14)12-15-8-5-9-18-16(15)10-11-21-18/h2-11H,12-13H2,1H3. The minimum absolute atomic E-state index is 0.137. The Hall–Kier alpha value is -2.39. The van der Waals surface area contributed by atoms with Gasteiger partial charge in [0.25, 0.3) is 0 Å². The highest BCUT2D eigenvalue weighted by Gasteiger charge is 2.11. The Morgan fingerprint density at radius 3 is 2.67 bits per heavy atom. The van der Waals surface area contributed by atoms with Gasteiger partial charge in [0.2, 0.25) is 0 Å². The number of benzene rings is 2. The van der Waals surface area contributed by atoms with E-state index in [1.165, 1.54) is 5.56 Å². The van der Waals surface area contributed by atoms with Crippen LogP contribution in [0.1, 0.15) is 15.9 Å². The van der Waals surface area contributed by atoms with Crippen molar-refractivity contribution in [2.24, 2.45) is 0 Å². The van der Waals surface area contributed by atoms with E-state index < -0.39 is 0 Å². The van der Waals surface area contributed by atoms with Gasteiger partial charge in [-0.25, -0.2) is 0 Å². The molecule has 0 radical (unpaired) electrons. The minimum atomic E-state index is 0.137. The molecular formula is C18H17NO2. The van der Waals surface area contributed by atoms with E-state index in [0.717, 1.165) is 23.1 Å². The lowest BCUT2D eigenvalue weighted by molar-refractivity contribution is 0.0943. The molecule has 1 aromatic heterocycles. The molecule has 3 aromatic rings. The van der Waals surface area contributed by atoms with Crippen molar-refractivity contribution in [3.8, 4) is 0 Å². The fraction of sp³-hybridized carbons (Fsp3) is 0.167. The monoisotopic (exact) mass is 279 g/mol. The fourth-order valence-electron chi connectivity index (χ4n) is 2.50. The summed E-state index contributed by atoms with van der Waals surface area (Å²) in [5.41, 5.74) is 2.81. The molecular weight excluding hydrogens is 262 g/mol. The summed E-state index contributed by atoms with van der Waals surface area (Å²) in [6.45, 7) is 1.12. The van der Waals surface area contributed by atoms with Gasteiger partial charge in [0.05, 0.1) is 12.8 Å². The maximum absolute atomic E-state index is 12.2. The third kappa shape index (κ3) is 3.03. The number of ketones is 1. The number of carbonyl (C=O) groups excluding carboxylic acids is 1. The largest absolute Gasteiger partial charge is 0.464 e. The number of fused-ring (bicyclic) bond motifs is 1. The van der Waals surface area contributed by atoms with Crippen molar-refractivity contribution in [1.29, 1.82) is 0 Å². The molecule has 106 valence electrons. The Bertz CT molecular complexity index is 746. The van der Waals surface area contributed by atoms with Crippen LogP contribution in [0.3, 0.4) is 0 Å². The van der Waals surface area contributed by atoms with E-state index in [0.29, 0.717) is 6.54 Å². The molecule has 0 aliphatic heterocycles.